The van der Waals surface area contributed by atoms with E-state index in [2.05, 4.69) is 169 Å². The van der Waals surface area contributed by atoms with Crippen molar-refractivity contribution in [3.8, 4) is 62.1 Å². The standard InChI is InChI=1S/C55H40N4O/c1-2-3-14-36-27-29-38(30-28-36)54-56-53(37-15-5-4-6-16-37)57-55(58-54)42-19-11-17-39(33-42)40-18-12-20-43(34-40)59-49-25-9-7-21-45(49)48-35-41(31-32-50(48)59)44-23-13-24-47-46-22-8-10-26-51(46)60-52(44)47/h4-13,15-35H,2-3,14H2,1H3. The highest BCUT2D eigenvalue weighted by Gasteiger charge is 2.18. The molecule has 0 radical (unpaired) electrons. The average Bonchev–Trinajstić information content (AvgIpc) is 3.87. The molecule has 0 aliphatic heterocycles. The molecule has 0 amide bonds. The van der Waals surface area contributed by atoms with Crippen LogP contribution in [0.4, 0.5) is 0 Å². The Morgan fingerprint density at radius 3 is 1.85 bits per heavy atom. The van der Waals surface area contributed by atoms with Crippen LogP contribution in [-0.4, -0.2) is 19.5 Å². The van der Waals surface area contributed by atoms with Crippen LogP contribution in [0, 0.1) is 0 Å². The molecule has 0 saturated heterocycles. The zero-order valence-electron chi connectivity index (χ0n) is 33.2. The van der Waals surface area contributed by atoms with E-state index < -0.39 is 0 Å². The second-order valence-corrected chi connectivity index (χ2v) is 15.5. The fourth-order valence-corrected chi connectivity index (χ4v) is 8.61. The van der Waals surface area contributed by atoms with Crippen LogP contribution in [0.5, 0.6) is 0 Å². The van der Waals surface area contributed by atoms with E-state index in [-0.39, 0.29) is 0 Å². The van der Waals surface area contributed by atoms with Crippen LogP contribution in [-0.2, 0) is 6.42 Å². The first kappa shape index (κ1) is 35.5. The molecule has 0 bridgehead atoms. The maximum atomic E-state index is 6.45. The Kier molecular flexibility index (Phi) is 8.85. The molecular weight excluding hydrogens is 733 g/mol. The van der Waals surface area contributed by atoms with E-state index >= 15 is 0 Å². The van der Waals surface area contributed by atoms with Gasteiger partial charge < -0.3 is 8.98 Å². The first-order valence-electron chi connectivity index (χ1n) is 20.7. The maximum Gasteiger partial charge on any atom is 0.164 e. The number of aryl methyl sites for hydroxylation is 1. The summed E-state index contributed by atoms with van der Waals surface area (Å²) in [6, 6.07) is 66.3. The smallest absolute Gasteiger partial charge is 0.164 e. The summed E-state index contributed by atoms with van der Waals surface area (Å²) in [6.07, 6.45) is 3.42. The molecule has 11 aromatic rings. The van der Waals surface area contributed by atoms with E-state index in [1.54, 1.807) is 0 Å². The summed E-state index contributed by atoms with van der Waals surface area (Å²) in [4.78, 5) is 15.1. The lowest BCUT2D eigenvalue weighted by atomic mass is 10.0. The van der Waals surface area contributed by atoms with E-state index in [1.165, 1.54) is 29.2 Å². The lowest BCUT2D eigenvalue weighted by Gasteiger charge is -2.12. The summed E-state index contributed by atoms with van der Waals surface area (Å²) in [5.74, 6) is 1.96. The van der Waals surface area contributed by atoms with Gasteiger partial charge in [-0.3, -0.25) is 0 Å². The molecule has 0 aliphatic rings. The second kappa shape index (κ2) is 14.9. The molecule has 60 heavy (non-hydrogen) atoms. The van der Waals surface area contributed by atoms with Gasteiger partial charge in [0.2, 0.25) is 0 Å². The monoisotopic (exact) mass is 772 g/mol. The molecule has 5 heteroatoms. The second-order valence-electron chi connectivity index (χ2n) is 15.5. The van der Waals surface area contributed by atoms with E-state index in [1.807, 2.05) is 30.3 Å². The minimum absolute atomic E-state index is 0.642. The van der Waals surface area contributed by atoms with E-state index in [4.69, 9.17) is 19.4 Å². The Bertz CT molecular complexity index is 3360. The average molecular weight is 773 g/mol. The normalized spacial score (nSPS) is 11.6. The van der Waals surface area contributed by atoms with Gasteiger partial charge in [-0.05, 0) is 77.6 Å². The van der Waals surface area contributed by atoms with Crippen molar-refractivity contribution < 1.29 is 4.42 Å². The highest BCUT2D eigenvalue weighted by Crippen LogP contribution is 2.40. The quantitative estimate of drug-likeness (QED) is 0.147. The van der Waals surface area contributed by atoms with Crippen molar-refractivity contribution >= 4 is 43.7 Å². The number of aromatic nitrogens is 4. The molecule has 5 nitrogen and oxygen atoms in total. The number of hydrogen-bond acceptors (Lipinski definition) is 4. The summed E-state index contributed by atoms with van der Waals surface area (Å²) in [7, 11) is 0. The first-order valence-corrected chi connectivity index (χ1v) is 20.7. The molecule has 0 aliphatic carbocycles. The molecule has 0 N–H and O–H groups in total. The number of rotatable bonds is 9. The van der Waals surface area contributed by atoms with Crippen LogP contribution >= 0.6 is 0 Å². The molecular formula is C55H40N4O. The fraction of sp³-hybridized carbons (Fsp3) is 0.0727. The number of unbranched alkanes of at least 4 members (excludes halogenated alkanes) is 1. The minimum atomic E-state index is 0.642. The van der Waals surface area contributed by atoms with Crippen molar-refractivity contribution in [3.05, 3.63) is 194 Å². The Hall–Kier alpha value is -7.63. The zero-order chi connectivity index (χ0) is 40.0. The van der Waals surface area contributed by atoms with E-state index in [0.29, 0.717) is 17.5 Å². The number of fused-ring (bicyclic) bond motifs is 6. The topological polar surface area (TPSA) is 56.7 Å². The predicted octanol–water partition coefficient (Wildman–Crippen LogP) is 14.5. The summed E-state index contributed by atoms with van der Waals surface area (Å²) in [5.41, 5.74) is 13.8. The van der Waals surface area contributed by atoms with Gasteiger partial charge in [0.1, 0.15) is 11.2 Å². The van der Waals surface area contributed by atoms with Gasteiger partial charge in [0.15, 0.2) is 17.5 Å². The predicted molar refractivity (Wildman–Crippen MR) is 247 cm³/mol. The Morgan fingerprint density at radius 1 is 0.433 bits per heavy atom. The number of nitrogens with zero attached hydrogens (tertiary/aromatic N) is 4. The Balaban J connectivity index is 0.989. The molecule has 3 heterocycles. The third-order valence-electron chi connectivity index (χ3n) is 11.6. The third kappa shape index (κ3) is 6.32. The van der Waals surface area contributed by atoms with Crippen molar-refractivity contribution in [2.24, 2.45) is 0 Å². The van der Waals surface area contributed by atoms with Gasteiger partial charge in [-0.2, -0.15) is 0 Å². The Morgan fingerprint density at radius 2 is 1.03 bits per heavy atom. The van der Waals surface area contributed by atoms with Gasteiger partial charge in [0.05, 0.1) is 11.0 Å². The van der Waals surface area contributed by atoms with Crippen LogP contribution in [0.25, 0.3) is 106 Å². The first-order chi connectivity index (χ1) is 29.7. The Labute approximate surface area is 348 Å². The highest BCUT2D eigenvalue weighted by atomic mass is 16.3. The summed E-state index contributed by atoms with van der Waals surface area (Å²) in [5, 5.41) is 4.66. The van der Waals surface area contributed by atoms with Gasteiger partial charge in [0, 0.05) is 49.5 Å². The molecule has 0 fully saturated rings. The summed E-state index contributed by atoms with van der Waals surface area (Å²) >= 11 is 0. The zero-order valence-corrected chi connectivity index (χ0v) is 33.2. The van der Waals surface area contributed by atoms with Crippen LogP contribution in [0.3, 0.4) is 0 Å². The van der Waals surface area contributed by atoms with Crippen molar-refractivity contribution in [1.82, 2.24) is 19.5 Å². The summed E-state index contributed by atoms with van der Waals surface area (Å²) in [6.45, 7) is 2.23. The fourth-order valence-electron chi connectivity index (χ4n) is 8.61. The molecule has 11 rings (SSSR count). The molecule has 286 valence electrons. The molecule has 0 saturated carbocycles. The maximum absolute atomic E-state index is 6.45. The molecule has 0 atom stereocenters. The van der Waals surface area contributed by atoms with Crippen molar-refractivity contribution in [2.75, 3.05) is 0 Å². The van der Waals surface area contributed by atoms with Crippen LogP contribution in [0.2, 0.25) is 0 Å². The number of furan rings is 1. The number of benzene rings is 8. The van der Waals surface area contributed by atoms with Gasteiger partial charge in [-0.1, -0.05) is 159 Å². The number of para-hydroxylation sites is 3. The van der Waals surface area contributed by atoms with Crippen molar-refractivity contribution in [2.45, 2.75) is 26.2 Å². The van der Waals surface area contributed by atoms with Crippen LogP contribution in [0.15, 0.2) is 192 Å². The van der Waals surface area contributed by atoms with E-state index in [9.17, 15) is 0 Å². The van der Waals surface area contributed by atoms with Gasteiger partial charge >= 0.3 is 0 Å². The lowest BCUT2D eigenvalue weighted by Crippen LogP contribution is -2.00. The SMILES string of the molecule is CCCCc1ccc(-c2nc(-c3ccccc3)nc(-c3cccc(-c4cccc(-n5c6ccccc6c6cc(-c7cccc8c7oc7ccccc78)ccc65)c4)c3)n2)cc1. The van der Waals surface area contributed by atoms with Crippen LogP contribution < -0.4 is 0 Å². The third-order valence-corrected chi connectivity index (χ3v) is 11.6. The largest absolute Gasteiger partial charge is 0.455 e. The number of hydrogen-bond donors (Lipinski definition) is 0. The van der Waals surface area contributed by atoms with Gasteiger partial charge in [-0.25, -0.2) is 15.0 Å². The summed E-state index contributed by atoms with van der Waals surface area (Å²) < 4.78 is 8.83. The highest BCUT2D eigenvalue weighted by molar-refractivity contribution is 6.13. The van der Waals surface area contributed by atoms with Gasteiger partial charge in [0.25, 0.3) is 0 Å². The van der Waals surface area contributed by atoms with Crippen molar-refractivity contribution in [3.63, 3.8) is 0 Å². The van der Waals surface area contributed by atoms with E-state index in [0.717, 1.165) is 84.0 Å². The molecule has 0 spiro atoms. The van der Waals surface area contributed by atoms with Crippen LogP contribution in [0.1, 0.15) is 25.3 Å². The van der Waals surface area contributed by atoms with Crippen molar-refractivity contribution in [1.29, 1.82) is 0 Å². The lowest BCUT2D eigenvalue weighted by molar-refractivity contribution is 0.670. The molecule has 3 aromatic heterocycles. The minimum Gasteiger partial charge on any atom is -0.455 e. The van der Waals surface area contributed by atoms with Gasteiger partial charge in [-0.15, -0.1) is 0 Å². The molecule has 0 unspecified atom stereocenters. The molecule has 8 aromatic carbocycles.